The van der Waals surface area contributed by atoms with Crippen molar-refractivity contribution in [2.24, 2.45) is 0 Å². The van der Waals surface area contributed by atoms with Crippen LogP contribution in [0.4, 0.5) is 0 Å². The van der Waals surface area contributed by atoms with Gasteiger partial charge < -0.3 is 4.89 Å². The Labute approximate surface area is 27.9 Å². The lowest BCUT2D eigenvalue weighted by Gasteiger charge is -1.57. The maximum absolute atomic E-state index is 8.24. The molecule has 1 nitrogen and oxygen atoms in total. The van der Waals surface area contributed by atoms with Gasteiger partial charge in [0.15, 0.2) is 0 Å². The molecule has 24 valence electrons. The second-order valence-electron chi connectivity index (χ2n) is 0.716. The van der Waals surface area contributed by atoms with Gasteiger partial charge in [0, 0.05) is 5.90 Å². The van der Waals surface area contributed by atoms with Crippen molar-refractivity contribution in [3.8, 4) is 0 Å². The van der Waals surface area contributed by atoms with Crippen LogP contribution in [0, 0.1) is 0 Å². The number of rotatable bonds is 0. The molecule has 0 bridgehead atoms. The van der Waals surface area contributed by atoms with E-state index in [-0.39, 0.29) is 7.84 Å². The molecule has 0 amide bonds. The molecular weight excluding hydrogens is 90.0 g/mol. The van der Waals surface area contributed by atoms with E-state index in [4.69, 9.17) is 4.89 Å². The van der Waals surface area contributed by atoms with Gasteiger partial charge in [-0.25, -0.2) is 0 Å². The van der Waals surface area contributed by atoms with Crippen LogP contribution in [-0.2, 0) is 0 Å². The van der Waals surface area contributed by atoms with Gasteiger partial charge in [-0.2, -0.15) is 0 Å². The van der Waals surface area contributed by atoms with E-state index in [0.29, 0.717) is 0 Å². The summed E-state index contributed by atoms with van der Waals surface area (Å²) in [5.74, 6) is 1.13. The summed E-state index contributed by atoms with van der Waals surface area (Å²) < 4.78 is 0. The van der Waals surface area contributed by atoms with E-state index in [9.17, 15) is 0 Å². The fourth-order valence-corrected chi connectivity index (χ4v) is 0.854. The third-order valence-corrected chi connectivity index (χ3v) is 2.70. The van der Waals surface area contributed by atoms with Crippen LogP contribution >= 0.6 is 16.1 Å². The molecule has 0 aromatic carbocycles. The van der Waals surface area contributed by atoms with E-state index in [1.54, 1.807) is 0 Å². The van der Waals surface area contributed by atoms with Crippen molar-refractivity contribution in [2.45, 2.75) is 0 Å². The molecule has 1 saturated heterocycles. The quantitative estimate of drug-likeness (QED) is 0.443. The first-order valence-electron chi connectivity index (χ1n) is 1.09. The minimum Gasteiger partial charge on any atom is -0.369 e. The molecular formula is CH4OP2. The molecule has 0 aromatic heterocycles. The molecule has 1 N–H and O–H groups in total. The van der Waals surface area contributed by atoms with Crippen LogP contribution in [0.1, 0.15) is 0 Å². The molecule has 1 aliphatic heterocycles. The lowest BCUT2D eigenvalue weighted by molar-refractivity contribution is 0.650. The summed E-state index contributed by atoms with van der Waals surface area (Å²) in [4.78, 5) is 8.24. The summed E-state index contributed by atoms with van der Waals surface area (Å²) in [5, 5.41) is 0. The summed E-state index contributed by atoms with van der Waals surface area (Å²) >= 11 is 0. The van der Waals surface area contributed by atoms with E-state index in [0.717, 1.165) is 14.2 Å². The van der Waals surface area contributed by atoms with Crippen LogP contribution < -0.4 is 0 Å². The fourth-order valence-electron chi connectivity index (χ4n) is 0.0316. The smallest absolute Gasteiger partial charge is 0.0508 e. The zero-order valence-electron chi connectivity index (χ0n) is 2.10. The first-order chi connectivity index (χ1) is 1.89. The van der Waals surface area contributed by atoms with E-state index in [1.165, 1.54) is 0 Å². The molecule has 1 rings (SSSR count). The maximum Gasteiger partial charge on any atom is 0.0508 e. The van der Waals surface area contributed by atoms with Crippen molar-refractivity contribution in [3.05, 3.63) is 0 Å². The Morgan fingerprint density at radius 2 is 2.25 bits per heavy atom. The summed E-state index contributed by atoms with van der Waals surface area (Å²) in [5.41, 5.74) is 0. The van der Waals surface area contributed by atoms with E-state index in [2.05, 4.69) is 0 Å². The van der Waals surface area contributed by atoms with Gasteiger partial charge in [-0.15, -0.1) is 0 Å². The highest BCUT2D eigenvalue weighted by molar-refractivity contribution is 8.35. The molecule has 1 fully saturated rings. The highest BCUT2D eigenvalue weighted by Crippen LogP contribution is 2.72. The molecule has 0 radical (unpaired) electrons. The topological polar surface area (TPSA) is 20.2 Å². The van der Waals surface area contributed by atoms with Gasteiger partial charge in [-0.1, -0.05) is 8.27 Å². The predicted molar refractivity (Wildman–Crippen MR) is 22.3 cm³/mol. The Morgan fingerprint density at radius 3 is 2.25 bits per heavy atom. The predicted octanol–water partition coefficient (Wildman–Crippen LogP) is 0.940. The minimum absolute atomic E-state index is 0.343. The molecule has 0 aromatic rings. The van der Waals surface area contributed by atoms with Gasteiger partial charge in [0.25, 0.3) is 0 Å². The zero-order chi connectivity index (χ0) is 2.99. The van der Waals surface area contributed by atoms with Crippen molar-refractivity contribution in [1.82, 2.24) is 0 Å². The molecule has 0 saturated carbocycles. The molecule has 1 heterocycles. The molecule has 3 heteroatoms. The van der Waals surface area contributed by atoms with Crippen LogP contribution in [0.2, 0.25) is 0 Å². The Morgan fingerprint density at radius 1 is 2.00 bits per heavy atom. The first-order valence-corrected chi connectivity index (χ1v) is 4.62. The second-order valence-corrected chi connectivity index (χ2v) is 5.59. The summed E-state index contributed by atoms with van der Waals surface area (Å²) in [7, 11) is 0.585. The third kappa shape index (κ3) is 0.640. The minimum atomic E-state index is -0.343. The lowest BCUT2D eigenvalue weighted by atomic mass is 11.9. The normalized spacial score (nSPS) is 45.8. The Kier molecular flexibility index (Phi) is 0.679. The monoisotopic (exact) mass is 94.0 g/mol. The summed E-state index contributed by atoms with van der Waals surface area (Å²) in [6.45, 7) is 0. The molecule has 4 heavy (non-hydrogen) atoms. The Hall–Kier alpha value is 0.820. The van der Waals surface area contributed by atoms with Crippen molar-refractivity contribution >= 4 is 16.1 Å². The van der Waals surface area contributed by atoms with Gasteiger partial charge in [0.2, 0.25) is 0 Å². The summed E-state index contributed by atoms with van der Waals surface area (Å²) in [6, 6.07) is 0. The highest BCUT2D eigenvalue weighted by Gasteiger charge is 2.15. The average Bonchev–Trinajstić information content (AvgIpc) is 1.75. The average molecular weight is 94.0 g/mol. The molecule has 1 aliphatic rings. The Balaban J connectivity index is 2.17. The SMILES string of the molecule is OP1CP1. The van der Waals surface area contributed by atoms with Gasteiger partial charge in [0.05, 0.1) is 7.84 Å². The molecule has 2 atom stereocenters. The second kappa shape index (κ2) is 0.897. The molecule has 0 spiro atoms. The van der Waals surface area contributed by atoms with Crippen molar-refractivity contribution in [2.75, 3.05) is 5.90 Å². The number of hydrogen-bond acceptors (Lipinski definition) is 1. The van der Waals surface area contributed by atoms with Crippen LogP contribution in [0.5, 0.6) is 0 Å². The molecule has 2 unspecified atom stereocenters. The van der Waals surface area contributed by atoms with Crippen molar-refractivity contribution in [1.29, 1.82) is 0 Å². The largest absolute Gasteiger partial charge is 0.369 e. The number of hydrogen-bond donors (Lipinski definition) is 1. The van der Waals surface area contributed by atoms with Gasteiger partial charge in [-0.3, -0.25) is 0 Å². The third-order valence-electron chi connectivity index (χ3n) is 0.300. The maximum atomic E-state index is 8.24. The van der Waals surface area contributed by atoms with Gasteiger partial charge >= 0.3 is 0 Å². The first kappa shape index (κ1) is 3.03. The van der Waals surface area contributed by atoms with E-state index in [1.807, 2.05) is 0 Å². The standard InChI is InChI=1S/CH4OP2/c2-4-1-3-4/h2-3H,1H2. The Bertz CT molecular complexity index is 25.2. The highest BCUT2D eigenvalue weighted by atomic mass is 32.1. The fraction of sp³-hybridized carbons (Fsp3) is 1.00. The molecule has 0 aliphatic carbocycles. The van der Waals surface area contributed by atoms with Crippen molar-refractivity contribution < 1.29 is 4.89 Å². The van der Waals surface area contributed by atoms with Gasteiger partial charge in [0.1, 0.15) is 0 Å². The van der Waals surface area contributed by atoms with Crippen LogP contribution in [0.25, 0.3) is 0 Å². The van der Waals surface area contributed by atoms with E-state index >= 15 is 0 Å². The van der Waals surface area contributed by atoms with E-state index < -0.39 is 0 Å². The van der Waals surface area contributed by atoms with Crippen molar-refractivity contribution in [3.63, 3.8) is 0 Å². The van der Waals surface area contributed by atoms with Gasteiger partial charge in [-0.05, 0) is 0 Å². The van der Waals surface area contributed by atoms with Crippen LogP contribution in [0.15, 0.2) is 0 Å². The van der Waals surface area contributed by atoms with Crippen LogP contribution in [0.3, 0.4) is 0 Å². The van der Waals surface area contributed by atoms with Crippen LogP contribution in [-0.4, -0.2) is 10.8 Å². The lowest BCUT2D eigenvalue weighted by Crippen LogP contribution is -1.21. The zero-order valence-corrected chi connectivity index (χ0v) is 4.00. The summed E-state index contributed by atoms with van der Waals surface area (Å²) in [6.07, 6.45) is 0.